The number of carbonyl (C=O) groups excluding carboxylic acids is 1. The predicted octanol–water partition coefficient (Wildman–Crippen LogP) is 5.55. The number of aryl methyl sites for hydroxylation is 2. The maximum absolute atomic E-state index is 13.1. The average molecular weight is 512 g/mol. The SMILES string of the molecule is Cc1cnn(C(C)C)c1-c1cc2n(n1)C(C)CC(=O)N2Cc1ccc(-c2nc(C(F)(F)F)cn2C)cc1. The lowest BCUT2D eigenvalue weighted by Crippen LogP contribution is -2.38. The zero-order valence-corrected chi connectivity index (χ0v) is 21.3. The second-order valence-corrected chi connectivity index (χ2v) is 9.84. The summed E-state index contributed by atoms with van der Waals surface area (Å²) < 4.78 is 44.3. The number of anilines is 1. The molecule has 4 aromatic rings. The molecule has 0 radical (unpaired) electrons. The number of halogens is 3. The number of hydrogen-bond acceptors (Lipinski definition) is 4. The van der Waals surface area contributed by atoms with Gasteiger partial charge < -0.3 is 4.57 Å². The summed E-state index contributed by atoms with van der Waals surface area (Å²) >= 11 is 0. The van der Waals surface area contributed by atoms with Crippen molar-refractivity contribution in [1.82, 2.24) is 29.1 Å². The Labute approximate surface area is 212 Å². The van der Waals surface area contributed by atoms with Crippen LogP contribution in [-0.2, 0) is 24.6 Å². The Hall–Kier alpha value is -3.89. The second kappa shape index (κ2) is 8.89. The molecule has 8 nitrogen and oxygen atoms in total. The molecule has 0 spiro atoms. The number of nitrogens with zero attached hydrogens (tertiary/aromatic N) is 7. The van der Waals surface area contributed by atoms with Gasteiger partial charge in [0.2, 0.25) is 5.91 Å². The molecule has 194 valence electrons. The van der Waals surface area contributed by atoms with E-state index in [1.165, 1.54) is 11.6 Å². The molecular formula is C26H28F3N7O. The van der Waals surface area contributed by atoms with Gasteiger partial charge in [0.05, 0.1) is 24.5 Å². The summed E-state index contributed by atoms with van der Waals surface area (Å²) in [5.74, 6) is 0.919. The summed E-state index contributed by atoms with van der Waals surface area (Å²) in [6, 6.07) is 9.06. The molecule has 4 heterocycles. The van der Waals surface area contributed by atoms with Crippen LogP contribution in [0.1, 0.15) is 56.1 Å². The van der Waals surface area contributed by atoms with E-state index in [0.29, 0.717) is 24.3 Å². The molecule has 1 unspecified atom stereocenters. The van der Waals surface area contributed by atoms with E-state index >= 15 is 0 Å². The molecule has 5 rings (SSSR count). The zero-order valence-electron chi connectivity index (χ0n) is 21.3. The Kier molecular flexibility index (Phi) is 5.96. The first-order valence-corrected chi connectivity index (χ1v) is 12.1. The molecule has 1 aliphatic rings. The maximum atomic E-state index is 13.1. The van der Waals surface area contributed by atoms with E-state index in [0.717, 1.165) is 28.7 Å². The van der Waals surface area contributed by atoms with Gasteiger partial charge in [-0.25, -0.2) is 9.67 Å². The van der Waals surface area contributed by atoms with Crippen molar-refractivity contribution in [3.63, 3.8) is 0 Å². The highest BCUT2D eigenvalue weighted by Crippen LogP contribution is 2.36. The highest BCUT2D eigenvalue weighted by molar-refractivity contribution is 5.94. The maximum Gasteiger partial charge on any atom is 0.434 e. The molecule has 0 fully saturated rings. The third-order valence-electron chi connectivity index (χ3n) is 6.61. The number of fused-ring (bicyclic) bond motifs is 1. The molecule has 1 amide bonds. The fourth-order valence-corrected chi connectivity index (χ4v) is 4.74. The number of carbonyl (C=O) groups is 1. The lowest BCUT2D eigenvalue weighted by atomic mass is 10.1. The highest BCUT2D eigenvalue weighted by atomic mass is 19.4. The average Bonchev–Trinajstić information content (AvgIpc) is 3.53. The normalized spacial score (nSPS) is 16.1. The first kappa shape index (κ1) is 24.8. The number of alkyl halides is 3. The summed E-state index contributed by atoms with van der Waals surface area (Å²) in [7, 11) is 1.53. The minimum atomic E-state index is -4.51. The highest BCUT2D eigenvalue weighted by Gasteiger charge is 2.35. The number of amides is 1. The number of imidazole rings is 1. The van der Waals surface area contributed by atoms with Gasteiger partial charge in [-0.05, 0) is 38.8 Å². The van der Waals surface area contributed by atoms with Gasteiger partial charge in [0.1, 0.15) is 17.3 Å². The fourth-order valence-electron chi connectivity index (χ4n) is 4.74. The minimum absolute atomic E-state index is 0.0106. The molecule has 1 atom stereocenters. The lowest BCUT2D eigenvalue weighted by molar-refractivity contribution is -0.140. The monoisotopic (exact) mass is 511 g/mol. The molecule has 0 aliphatic carbocycles. The van der Waals surface area contributed by atoms with Gasteiger partial charge in [-0.3, -0.25) is 14.4 Å². The third-order valence-corrected chi connectivity index (χ3v) is 6.61. The smallest absolute Gasteiger partial charge is 0.333 e. The summed E-state index contributed by atoms with van der Waals surface area (Å²) in [5.41, 5.74) is 3.16. The van der Waals surface area contributed by atoms with E-state index in [1.54, 1.807) is 17.0 Å². The Morgan fingerprint density at radius 1 is 1.16 bits per heavy atom. The number of hydrogen-bond donors (Lipinski definition) is 0. The Morgan fingerprint density at radius 3 is 2.49 bits per heavy atom. The summed E-state index contributed by atoms with van der Waals surface area (Å²) in [4.78, 5) is 18.5. The van der Waals surface area contributed by atoms with Gasteiger partial charge >= 0.3 is 6.18 Å². The molecular weight excluding hydrogens is 483 g/mol. The number of aromatic nitrogens is 6. The molecule has 11 heteroatoms. The van der Waals surface area contributed by atoms with Crippen LogP contribution in [0.2, 0.25) is 0 Å². The quantitative estimate of drug-likeness (QED) is 0.352. The van der Waals surface area contributed by atoms with Crippen molar-refractivity contribution in [1.29, 1.82) is 0 Å². The minimum Gasteiger partial charge on any atom is -0.333 e. The van der Waals surface area contributed by atoms with Gasteiger partial charge in [-0.1, -0.05) is 24.3 Å². The van der Waals surface area contributed by atoms with Crippen LogP contribution in [0, 0.1) is 6.92 Å². The van der Waals surface area contributed by atoms with Crippen LogP contribution in [0.3, 0.4) is 0 Å². The van der Waals surface area contributed by atoms with Crippen molar-refractivity contribution in [2.75, 3.05) is 4.90 Å². The second-order valence-electron chi connectivity index (χ2n) is 9.84. The van der Waals surface area contributed by atoms with Crippen molar-refractivity contribution in [2.24, 2.45) is 7.05 Å². The van der Waals surface area contributed by atoms with E-state index in [2.05, 4.69) is 23.9 Å². The molecule has 37 heavy (non-hydrogen) atoms. The van der Waals surface area contributed by atoms with Crippen LogP contribution in [0.5, 0.6) is 0 Å². The molecule has 1 aliphatic heterocycles. The Balaban J connectivity index is 1.45. The van der Waals surface area contributed by atoms with Crippen molar-refractivity contribution in [3.05, 3.63) is 59.5 Å². The van der Waals surface area contributed by atoms with Crippen LogP contribution < -0.4 is 4.90 Å². The van der Waals surface area contributed by atoms with Gasteiger partial charge in [-0.2, -0.15) is 23.4 Å². The molecule has 3 aromatic heterocycles. The van der Waals surface area contributed by atoms with Crippen molar-refractivity contribution in [2.45, 2.75) is 58.9 Å². The van der Waals surface area contributed by atoms with Crippen molar-refractivity contribution >= 4 is 11.7 Å². The predicted molar refractivity (Wildman–Crippen MR) is 133 cm³/mol. The summed E-state index contributed by atoms with van der Waals surface area (Å²) in [6.45, 7) is 8.39. The van der Waals surface area contributed by atoms with E-state index in [-0.39, 0.29) is 23.8 Å². The molecule has 1 aromatic carbocycles. The van der Waals surface area contributed by atoms with Gasteiger partial charge in [0.15, 0.2) is 5.69 Å². The molecule has 0 bridgehead atoms. The van der Waals surface area contributed by atoms with Gasteiger partial charge in [0.25, 0.3) is 0 Å². The largest absolute Gasteiger partial charge is 0.434 e. The van der Waals surface area contributed by atoms with Crippen LogP contribution in [0.25, 0.3) is 22.8 Å². The van der Waals surface area contributed by atoms with E-state index < -0.39 is 11.9 Å². The Bertz CT molecular complexity index is 1460. The molecule has 0 N–H and O–H groups in total. The Morgan fingerprint density at radius 2 is 1.86 bits per heavy atom. The van der Waals surface area contributed by atoms with E-state index in [1.807, 2.05) is 47.6 Å². The first-order chi connectivity index (χ1) is 17.4. The molecule has 0 saturated carbocycles. The molecule has 0 saturated heterocycles. The van der Waals surface area contributed by atoms with Crippen LogP contribution >= 0.6 is 0 Å². The zero-order chi connectivity index (χ0) is 26.6. The standard InChI is InChI=1S/C26H28F3N7O/c1-15(2)35-24(16(3)12-30-35)20-11-22-34(23(37)10-17(4)36(22)32-20)13-18-6-8-19(9-7-18)25-31-21(14-33(25)5)26(27,28)29/h6-9,11-12,14-15,17H,10,13H2,1-5H3. The van der Waals surface area contributed by atoms with E-state index in [9.17, 15) is 18.0 Å². The summed E-state index contributed by atoms with van der Waals surface area (Å²) in [5, 5.41) is 9.34. The lowest BCUT2D eigenvalue weighted by Gasteiger charge is -2.31. The summed E-state index contributed by atoms with van der Waals surface area (Å²) in [6.07, 6.45) is -1.39. The number of rotatable bonds is 5. The first-order valence-electron chi connectivity index (χ1n) is 12.1. The van der Waals surface area contributed by atoms with Crippen molar-refractivity contribution < 1.29 is 18.0 Å². The topological polar surface area (TPSA) is 73.8 Å². The number of benzene rings is 1. The third kappa shape index (κ3) is 4.42. The van der Waals surface area contributed by atoms with Crippen molar-refractivity contribution in [3.8, 4) is 22.8 Å². The van der Waals surface area contributed by atoms with Gasteiger partial charge in [-0.15, -0.1) is 0 Å². The van der Waals surface area contributed by atoms with Gasteiger partial charge in [0, 0.05) is 37.3 Å². The van der Waals surface area contributed by atoms with E-state index in [4.69, 9.17) is 5.10 Å². The fraction of sp³-hybridized carbons (Fsp3) is 0.385. The van der Waals surface area contributed by atoms with Crippen LogP contribution in [0.4, 0.5) is 19.0 Å². The van der Waals surface area contributed by atoms with Crippen LogP contribution in [-0.4, -0.2) is 35.0 Å². The van der Waals surface area contributed by atoms with Crippen LogP contribution in [0.15, 0.2) is 42.7 Å².